The molecule has 28 heavy (non-hydrogen) atoms. The highest BCUT2D eigenvalue weighted by Gasteiger charge is 2.48. The van der Waals surface area contributed by atoms with Gasteiger partial charge in [-0.3, -0.25) is 9.59 Å². The number of hydrogen-bond donors (Lipinski definition) is 1. The standard InChI is InChI=1S/C19H20F2N2O5/c1-3-27-17(24)11-4-5-15(8-11)22-18(25)19(26-2)10-16(23-28-19)12-6-13(20)9-14(21)7-12/h4-7,9,11,15H,3,8,10H2,1-2H3,(H,22,25)/t11-,15+,19?/m1/s1. The number of nitrogens with one attached hydrogen (secondary N) is 1. The topological polar surface area (TPSA) is 86.2 Å². The first kappa shape index (κ1) is 19.9. The first-order valence-electron chi connectivity index (χ1n) is 8.79. The minimum absolute atomic E-state index is 0.129. The van der Waals surface area contributed by atoms with Crippen LogP contribution in [0.2, 0.25) is 0 Å². The Morgan fingerprint density at radius 1 is 1.29 bits per heavy atom. The number of benzene rings is 1. The molecule has 1 amide bonds. The molecular weight excluding hydrogens is 374 g/mol. The number of amides is 1. The zero-order chi connectivity index (χ0) is 20.3. The second kappa shape index (κ2) is 8.05. The lowest BCUT2D eigenvalue weighted by Gasteiger charge is -2.25. The lowest BCUT2D eigenvalue weighted by molar-refractivity contribution is -0.209. The molecule has 0 bridgehead atoms. The Bertz CT molecular complexity index is 821. The number of esters is 1. The van der Waals surface area contributed by atoms with Crippen molar-refractivity contribution in [3.8, 4) is 0 Å². The molecule has 3 rings (SSSR count). The van der Waals surface area contributed by atoms with Gasteiger partial charge < -0.3 is 19.6 Å². The van der Waals surface area contributed by atoms with Gasteiger partial charge in [-0.15, -0.1) is 0 Å². The fourth-order valence-corrected chi connectivity index (χ4v) is 3.12. The third kappa shape index (κ3) is 4.04. The highest BCUT2D eigenvalue weighted by Crippen LogP contribution is 2.29. The van der Waals surface area contributed by atoms with E-state index >= 15 is 0 Å². The van der Waals surface area contributed by atoms with E-state index in [9.17, 15) is 18.4 Å². The zero-order valence-corrected chi connectivity index (χ0v) is 15.4. The van der Waals surface area contributed by atoms with Gasteiger partial charge in [-0.1, -0.05) is 17.3 Å². The molecule has 7 nitrogen and oxygen atoms in total. The monoisotopic (exact) mass is 394 g/mol. The van der Waals surface area contributed by atoms with Crippen LogP contribution in [0, 0.1) is 17.6 Å². The summed E-state index contributed by atoms with van der Waals surface area (Å²) in [7, 11) is 1.27. The summed E-state index contributed by atoms with van der Waals surface area (Å²) in [6, 6.07) is 2.52. The summed E-state index contributed by atoms with van der Waals surface area (Å²) in [5.41, 5.74) is 0.342. The molecule has 1 aromatic rings. The van der Waals surface area contributed by atoms with Crippen molar-refractivity contribution < 1.29 is 32.7 Å². The van der Waals surface area contributed by atoms with Crippen molar-refractivity contribution >= 4 is 17.6 Å². The van der Waals surface area contributed by atoms with E-state index in [0.29, 0.717) is 6.42 Å². The average Bonchev–Trinajstić information content (AvgIpc) is 3.29. The van der Waals surface area contributed by atoms with Crippen molar-refractivity contribution in [1.29, 1.82) is 0 Å². The van der Waals surface area contributed by atoms with E-state index in [1.165, 1.54) is 7.11 Å². The van der Waals surface area contributed by atoms with E-state index in [4.69, 9.17) is 14.3 Å². The Kier molecular flexibility index (Phi) is 5.73. The summed E-state index contributed by atoms with van der Waals surface area (Å²) in [5.74, 6) is -4.68. The second-order valence-corrected chi connectivity index (χ2v) is 6.48. The fourth-order valence-electron chi connectivity index (χ4n) is 3.12. The number of halogens is 2. The first-order chi connectivity index (χ1) is 13.4. The Morgan fingerprint density at radius 3 is 2.64 bits per heavy atom. The van der Waals surface area contributed by atoms with Crippen molar-refractivity contribution in [2.75, 3.05) is 13.7 Å². The Hall–Kier alpha value is -2.81. The molecule has 1 aliphatic carbocycles. The number of ether oxygens (including phenoxy) is 2. The maximum atomic E-state index is 13.5. The van der Waals surface area contributed by atoms with Gasteiger partial charge in [-0.25, -0.2) is 8.78 Å². The molecule has 0 fully saturated rings. The third-order valence-corrected chi connectivity index (χ3v) is 4.56. The van der Waals surface area contributed by atoms with Crippen molar-refractivity contribution in [3.63, 3.8) is 0 Å². The van der Waals surface area contributed by atoms with Gasteiger partial charge in [0.05, 0.1) is 24.7 Å². The smallest absolute Gasteiger partial charge is 0.321 e. The predicted molar refractivity (Wildman–Crippen MR) is 94.1 cm³/mol. The van der Waals surface area contributed by atoms with Gasteiger partial charge in [0.1, 0.15) is 11.6 Å². The number of carbonyl (C=O) groups is 2. The Balaban J connectivity index is 1.65. The van der Waals surface area contributed by atoms with E-state index < -0.39 is 35.3 Å². The van der Waals surface area contributed by atoms with Gasteiger partial charge in [-0.2, -0.15) is 0 Å². The summed E-state index contributed by atoms with van der Waals surface area (Å²) in [6.45, 7) is 2.00. The van der Waals surface area contributed by atoms with Gasteiger partial charge in [0, 0.05) is 24.8 Å². The first-order valence-corrected chi connectivity index (χ1v) is 8.79. The molecule has 1 unspecified atom stereocenters. The molecule has 0 saturated carbocycles. The summed E-state index contributed by atoms with van der Waals surface area (Å²) >= 11 is 0. The van der Waals surface area contributed by atoms with Crippen molar-refractivity contribution in [1.82, 2.24) is 5.32 Å². The Labute approximate surface area is 160 Å². The Morgan fingerprint density at radius 2 is 2.00 bits per heavy atom. The third-order valence-electron chi connectivity index (χ3n) is 4.56. The molecule has 1 aromatic carbocycles. The molecule has 9 heteroatoms. The van der Waals surface area contributed by atoms with Gasteiger partial charge in [0.15, 0.2) is 0 Å². The van der Waals surface area contributed by atoms with E-state index in [1.807, 2.05) is 0 Å². The molecule has 2 aliphatic rings. The van der Waals surface area contributed by atoms with Crippen LogP contribution in [0.5, 0.6) is 0 Å². The summed E-state index contributed by atoms with van der Waals surface area (Å²) in [6.07, 6.45) is 3.60. The molecule has 0 radical (unpaired) electrons. The second-order valence-electron chi connectivity index (χ2n) is 6.48. The molecule has 1 N–H and O–H groups in total. The average molecular weight is 394 g/mol. The normalized spacial score (nSPS) is 25.9. The highest BCUT2D eigenvalue weighted by atomic mass is 19.1. The maximum Gasteiger partial charge on any atom is 0.321 e. The van der Waals surface area contributed by atoms with Crippen molar-refractivity contribution in [3.05, 3.63) is 47.5 Å². The minimum atomic E-state index is -1.76. The number of methoxy groups -OCH3 is 1. The van der Waals surface area contributed by atoms with Gasteiger partial charge in [-0.05, 0) is 25.5 Å². The largest absolute Gasteiger partial charge is 0.466 e. The quantitative estimate of drug-likeness (QED) is 0.590. The molecule has 0 aromatic heterocycles. The molecule has 150 valence electrons. The van der Waals surface area contributed by atoms with Crippen LogP contribution in [0.3, 0.4) is 0 Å². The van der Waals surface area contributed by atoms with Crippen LogP contribution in [0.25, 0.3) is 0 Å². The minimum Gasteiger partial charge on any atom is -0.466 e. The molecule has 1 aliphatic heterocycles. The van der Waals surface area contributed by atoms with Crippen LogP contribution in [0.4, 0.5) is 8.78 Å². The predicted octanol–water partition coefficient (Wildman–Crippen LogP) is 2.06. The van der Waals surface area contributed by atoms with E-state index in [2.05, 4.69) is 10.5 Å². The van der Waals surface area contributed by atoms with Crippen LogP contribution in [-0.2, 0) is 23.9 Å². The number of oxime groups is 1. The molecule has 1 heterocycles. The molecule has 0 spiro atoms. The number of rotatable bonds is 6. The summed E-state index contributed by atoms with van der Waals surface area (Å²) in [4.78, 5) is 29.7. The van der Waals surface area contributed by atoms with E-state index in [1.54, 1.807) is 19.1 Å². The van der Waals surface area contributed by atoms with Gasteiger partial charge in [0.2, 0.25) is 0 Å². The molecular formula is C19H20F2N2O5. The van der Waals surface area contributed by atoms with Crippen LogP contribution < -0.4 is 5.32 Å². The van der Waals surface area contributed by atoms with Crippen LogP contribution in [0.15, 0.2) is 35.5 Å². The maximum absolute atomic E-state index is 13.5. The van der Waals surface area contributed by atoms with E-state index in [0.717, 1.165) is 18.2 Å². The van der Waals surface area contributed by atoms with Gasteiger partial charge >= 0.3 is 11.8 Å². The molecule has 3 atom stereocenters. The SMILES string of the molecule is CCOC(=O)[C@@H]1C=C[C@H](NC(=O)C2(OC)CC(c3cc(F)cc(F)c3)=NO2)C1. The van der Waals surface area contributed by atoms with Crippen molar-refractivity contribution in [2.24, 2.45) is 11.1 Å². The van der Waals surface area contributed by atoms with Crippen LogP contribution in [0.1, 0.15) is 25.3 Å². The number of hydrogen-bond acceptors (Lipinski definition) is 6. The number of carbonyl (C=O) groups excluding carboxylic acids is 2. The highest BCUT2D eigenvalue weighted by molar-refractivity contribution is 6.05. The summed E-state index contributed by atoms with van der Waals surface area (Å²) < 4.78 is 37.1. The molecule has 0 saturated heterocycles. The lowest BCUT2D eigenvalue weighted by Crippen LogP contribution is -2.51. The van der Waals surface area contributed by atoms with Crippen LogP contribution >= 0.6 is 0 Å². The van der Waals surface area contributed by atoms with Gasteiger partial charge in [0.25, 0.3) is 5.91 Å². The summed E-state index contributed by atoms with van der Waals surface area (Å²) in [5, 5.41) is 6.51. The van der Waals surface area contributed by atoms with E-state index in [-0.39, 0.29) is 30.3 Å². The van der Waals surface area contributed by atoms with Crippen LogP contribution in [-0.4, -0.2) is 43.1 Å². The van der Waals surface area contributed by atoms with Crippen molar-refractivity contribution in [2.45, 2.75) is 31.6 Å². The fraction of sp³-hybridized carbons (Fsp3) is 0.421. The lowest BCUT2D eigenvalue weighted by atomic mass is 10.0. The zero-order valence-electron chi connectivity index (χ0n) is 15.4. The number of nitrogens with zero attached hydrogens (tertiary/aromatic N) is 1.